The van der Waals surface area contributed by atoms with Crippen LogP contribution < -0.4 is 24.8 Å². The molecule has 2 aromatic carbocycles. The zero-order valence-corrected chi connectivity index (χ0v) is 17.9. The summed E-state index contributed by atoms with van der Waals surface area (Å²) in [6.45, 7) is 0.933. The van der Waals surface area contributed by atoms with Crippen molar-refractivity contribution in [2.24, 2.45) is 0 Å². The van der Waals surface area contributed by atoms with Gasteiger partial charge < -0.3 is 29.6 Å². The van der Waals surface area contributed by atoms with Crippen LogP contribution in [0.5, 0.6) is 17.2 Å². The van der Waals surface area contributed by atoms with Crippen LogP contribution in [0.3, 0.4) is 0 Å². The van der Waals surface area contributed by atoms with E-state index in [2.05, 4.69) is 10.6 Å². The maximum atomic E-state index is 12.2. The number of amides is 2. The maximum Gasteiger partial charge on any atom is 0.306 e. The molecule has 0 radical (unpaired) electrons. The minimum Gasteiger partial charge on any atom is -0.495 e. The third kappa shape index (κ3) is 7.22. The van der Waals surface area contributed by atoms with Crippen LogP contribution in [0.1, 0.15) is 18.9 Å². The third-order valence-electron chi connectivity index (χ3n) is 4.22. The first-order valence-corrected chi connectivity index (χ1v) is 9.48. The summed E-state index contributed by atoms with van der Waals surface area (Å²) in [4.78, 5) is 35.4. The van der Waals surface area contributed by atoms with E-state index in [1.165, 1.54) is 21.1 Å². The van der Waals surface area contributed by atoms with Crippen molar-refractivity contribution >= 4 is 29.2 Å². The topological polar surface area (TPSA) is 112 Å². The average Bonchev–Trinajstić information content (AvgIpc) is 2.75. The first-order valence-electron chi connectivity index (χ1n) is 9.48. The number of methoxy groups -OCH3 is 3. The number of hydrogen-bond donors (Lipinski definition) is 2. The van der Waals surface area contributed by atoms with E-state index in [0.29, 0.717) is 35.0 Å². The van der Waals surface area contributed by atoms with Crippen LogP contribution in [-0.2, 0) is 25.5 Å². The molecule has 0 fully saturated rings. The number of aryl methyl sites for hydroxylation is 1. The number of carbonyl (C=O) groups is 3. The van der Waals surface area contributed by atoms with Crippen LogP contribution in [0.25, 0.3) is 0 Å². The zero-order valence-electron chi connectivity index (χ0n) is 17.9. The van der Waals surface area contributed by atoms with Gasteiger partial charge >= 0.3 is 5.97 Å². The molecule has 0 aromatic heterocycles. The highest BCUT2D eigenvalue weighted by molar-refractivity contribution is 5.96. The molecule has 9 heteroatoms. The van der Waals surface area contributed by atoms with Crippen molar-refractivity contribution in [3.63, 3.8) is 0 Å². The summed E-state index contributed by atoms with van der Waals surface area (Å²) in [6.07, 6.45) is 0.525. The van der Waals surface area contributed by atoms with Crippen molar-refractivity contribution < 1.29 is 33.3 Å². The first kappa shape index (κ1) is 23.5. The van der Waals surface area contributed by atoms with Gasteiger partial charge in [0.1, 0.15) is 5.75 Å². The Bertz CT molecular complexity index is 943. The van der Waals surface area contributed by atoms with Gasteiger partial charge in [-0.25, -0.2) is 0 Å². The molecule has 0 aliphatic carbocycles. The van der Waals surface area contributed by atoms with Crippen LogP contribution in [0.2, 0.25) is 0 Å². The molecule has 0 bridgehead atoms. The second-order valence-corrected chi connectivity index (χ2v) is 6.49. The minimum absolute atomic E-state index is 0.101. The van der Waals surface area contributed by atoms with Crippen molar-refractivity contribution in [2.45, 2.75) is 19.8 Å². The Labute approximate surface area is 180 Å². The molecule has 0 spiro atoms. The van der Waals surface area contributed by atoms with Crippen molar-refractivity contribution in [1.82, 2.24) is 0 Å². The number of hydrogen-bond acceptors (Lipinski definition) is 7. The Hall–Kier alpha value is -3.75. The Morgan fingerprint density at radius 3 is 2.16 bits per heavy atom. The quantitative estimate of drug-likeness (QED) is 0.558. The predicted octanol–water partition coefficient (Wildman–Crippen LogP) is 2.79. The number of esters is 1. The molecule has 9 nitrogen and oxygen atoms in total. The fourth-order valence-corrected chi connectivity index (χ4v) is 2.77. The van der Waals surface area contributed by atoms with Gasteiger partial charge in [-0.2, -0.15) is 0 Å². The molecular formula is C22H26N2O7. The number of ether oxygens (including phenoxy) is 4. The van der Waals surface area contributed by atoms with Crippen LogP contribution >= 0.6 is 0 Å². The summed E-state index contributed by atoms with van der Waals surface area (Å²) < 4.78 is 20.7. The highest BCUT2D eigenvalue weighted by atomic mass is 16.5. The van der Waals surface area contributed by atoms with Crippen molar-refractivity contribution in [3.8, 4) is 17.2 Å². The molecule has 2 N–H and O–H groups in total. The lowest BCUT2D eigenvalue weighted by Gasteiger charge is -2.12. The molecule has 0 unspecified atom stereocenters. The summed E-state index contributed by atoms with van der Waals surface area (Å²) in [5.41, 5.74) is 1.72. The first-order chi connectivity index (χ1) is 14.9. The lowest BCUT2D eigenvalue weighted by Crippen LogP contribution is -2.21. The molecule has 31 heavy (non-hydrogen) atoms. The van der Waals surface area contributed by atoms with Gasteiger partial charge in [0.05, 0.1) is 27.0 Å². The smallest absolute Gasteiger partial charge is 0.306 e. The van der Waals surface area contributed by atoms with E-state index in [4.69, 9.17) is 18.9 Å². The van der Waals surface area contributed by atoms with Crippen molar-refractivity contribution in [1.29, 1.82) is 0 Å². The Balaban J connectivity index is 1.87. The van der Waals surface area contributed by atoms with Crippen LogP contribution in [0.4, 0.5) is 11.4 Å². The number of anilines is 2. The van der Waals surface area contributed by atoms with E-state index in [1.807, 2.05) is 6.07 Å². The molecule has 0 aliphatic rings. The minimum atomic E-state index is -0.530. The highest BCUT2D eigenvalue weighted by Gasteiger charge is 2.13. The summed E-state index contributed by atoms with van der Waals surface area (Å²) in [7, 11) is 4.54. The van der Waals surface area contributed by atoms with Gasteiger partial charge in [0.2, 0.25) is 5.91 Å². The fourth-order valence-electron chi connectivity index (χ4n) is 2.77. The Morgan fingerprint density at radius 2 is 1.52 bits per heavy atom. The second-order valence-electron chi connectivity index (χ2n) is 6.49. The van der Waals surface area contributed by atoms with E-state index in [1.54, 1.807) is 37.4 Å². The molecule has 0 atom stereocenters. The Kier molecular flexibility index (Phi) is 8.68. The normalized spacial score (nSPS) is 10.1. The number of nitrogens with one attached hydrogen (secondary N) is 2. The van der Waals surface area contributed by atoms with E-state index in [9.17, 15) is 14.4 Å². The number of carbonyl (C=O) groups excluding carboxylic acids is 3. The van der Waals surface area contributed by atoms with Gasteiger partial charge in [0.15, 0.2) is 18.1 Å². The van der Waals surface area contributed by atoms with Gasteiger partial charge in [0, 0.05) is 19.0 Å². The van der Waals surface area contributed by atoms with Crippen LogP contribution in [-0.4, -0.2) is 45.7 Å². The fraction of sp³-hybridized carbons (Fsp3) is 0.318. The van der Waals surface area contributed by atoms with Gasteiger partial charge in [-0.3, -0.25) is 14.4 Å². The molecule has 0 saturated heterocycles. The molecule has 0 heterocycles. The average molecular weight is 430 g/mol. The van der Waals surface area contributed by atoms with E-state index in [0.717, 1.165) is 5.56 Å². The van der Waals surface area contributed by atoms with Crippen LogP contribution in [0, 0.1) is 0 Å². The predicted molar refractivity (Wildman–Crippen MR) is 115 cm³/mol. The zero-order chi connectivity index (χ0) is 22.8. The van der Waals surface area contributed by atoms with E-state index >= 15 is 0 Å². The summed E-state index contributed by atoms with van der Waals surface area (Å²) in [5.74, 6) is 0.293. The SMILES string of the molecule is COc1ccc(NC(C)=O)cc1NC(=O)COC(=O)CCc1ccc(OC)c(OC)c1. The Morgan fingerprint density at radius 1 is 0.839 bits per heavy atom. The number of benzene rings is 2. The maximum absolute atomic E-state index is 12.2. The molecular weight excluding hydrogens is 404 g/mol. The third-order valence-corrected chi connectivity index (χ3v) is 4.22. The molecule has 0 aliphatic heterocycles. The number of rotatable bonds is 10. The van der Waals surface area contributed by atoms with Gasteiger partial charge in [-0.05, 0) is 42.3 Å². The summed E-state index contributed by atoms with van der Waals surface area (Å²) in [5, 5.41) is 5.23. The van der Waals surface area contributed by atoms with E-state index < -0.39 is 18.5 Å². The molecule has 2 aromatic rings. The second kappa shape index (κ2) is 11.4. The lowest BCUT2D eigenvalue weighted by atomic mass is 10.1. The van der Waals surface area contributed by atoms with Crippen molar-refractivity contribution in [3.05, 3.63) is 42.0 Å². The molecule has 2 amide bonds. The summed E-state index contributed by atoms with van der Waals surface area (Å²) >= 11 is 0. The standard InChI is InChI=1S/C22H26N2O7/c1-14(25)23-16-7-9-18(28-2)17(12-16)24-21(26)13-31-22(27)10-6-15-5-8-19(29-3)20(11-15)30-4/h5,7-9,11-12H,6,10,13H2,1-4H3,(H,23,25)(H,24,26). The molecule has 166 valence electrons. The lowest BCUT2D eigenvalue weighted by molar-refractivity contribution is -0.147. The highest BCUT2D eigenvalue weighted by Crippen LogP contribution is 2.29. The van der Waals surface area contributed by atoms with E-state index in [-0.39, 0.29) is 12.3 Å². The van der Waals surface area contributed by atoms with Gasteiger partial charge in [0.25, 0.3) is 5.91 Å². The summed E-state index contributed by atoms with van der Waals surface area (Å²) in [6, 6.07) is 10.2. The van der Waals surface area contributed by atoms with Gasteiger partial charge in [-0.15, -0.1) is 0 Å². The van der Waals surface area contributed by atoms with Crippen molar-refractivity contribution in [2.75, 3.05) is 38.6 Å². The van der Waals surface area contributed by atoms with Crippen LogP contribution in [0.15, 0.2) is 36.4 Å². The molecule has 0 saturated carbocycles. The monoisotopic (exact) mass is 430 g/mol. The molecule has 2 rings (SSSR count). The van der Waals surface area contributed by atoms with Gasteiger partial charge in [-0.1, -0.05) is 6.07 Å². The largest absolute Gasteiger partial charge is 0.495 e.